The Morgan fingerprint density at radius 3 is 2.71 bits per heavy atom. The van der Waals surface area contributed by atoms with Gasteiger partial charge in [0.05, 0.1) is 35.9 Å². The summed E-state index contributed by atoms with van der Waals surface area (Å²) < 4.78 is 6.06. The Bertz CT molecular complexity index is 761. The van der Waals surface area contributed by atoms with Crippen molar-refractivity contribution in [3.63, 3.8) is 0 Å². The molecule has 0 aliphatic heterocycles. The molecule has 0 N–H and O–H groups in total. The zero-order valence-corrected chi connectivity index (χ0v) is 12.3. The number of nitro benzene ring substituents is 1. The molecular formula is C12H9Cl2N3O4. The minimum absolute atomic E-state index is 0.00770. The van der Waals surface area contributed by atoms with Crippen LogP contribution in [-0.4, -0.2) is 21.8 Å². The highest BCUT2D eigenvalue weighted by atomic mass is 35.5. The fourth-order valence-corrected chi connectivity index (χ4v) is 1.96. The molecule has 0 bridgehead atoms. The number of nitro groups is 1. The highest BCUT2D eigenvalue weighted by Gasteiger charge is 2.13. The second-order valence-electron chi connectivity index (χ2n) is 4.07. The molecule has 9 heteroatoms. The van der Waals surface area contributed by atoms with E-state index in [-0.39, 0.29) is 22.3 Å². The molecule has 1 heterocycles. The van der Waals surface area contributed by atoms with Gasteiger partial charge in [-0.2, -0.15) is 5.10 Å². The third-order valence-electron chi connectivity index (χ3n) is 2.67. The first kappa shape index (κ1) is 15.3. The van der Waals surface area contributed by atoms with Crippen LogP contribution >= 0.6 is 23.2 Å². The van der Waals surface area contributed by atoms with Crippen molar-refractivity contribution in [3.8, 4) is 5.75 Å². The molecule has 1 aromatic carbocycles. The van der Waals surface area contributed by atoms with E-state index in [4.69, 9.17) is 27.9 Å². The first-order chi connectivity index (χ1) is 9.92. The molecule has 0 radical (unpaired) electrons. The van der Waals surface area contributed by atoms with E-state index in [1.807, 2.05) is 0 Å². The van der Waals surface area contributed by atoms with Crippen LogP contribution in [0.5, 0.6) is 5.75 Å². The molecule has 0 saturated carbocycles. The van der Waals surface area contributed by atoms with E-state index in [2.05, 4.69) is 5.10 Å². The molecule has 0 aliphatic carbocycles. The average Bonchev–Trinajstić information content (AvgIpc) is 2.47. The normalized spacial score (nSPS) is 10.4. The Balaban J connectivity index is 2.44. The number of ether oxygens (including phenoxy) is 1. The fraction of sp³-hybridized carbons (Fsp3) is 0.167. The van der Waals surface area contributed by atoms with Gasteiger partial charge in [-0.3, -0.25) is 14.9 Å². The molecule has 7 nitrogen and oxygen atoms in total. The van der Waals surface area contributed by atoms with Crippen LogP contribution in [0.15, 0.2) is 29.2 Å². The van der Waals surface area contributed by atoms with E-state index in [9.17, 15) is 14.9 Å². The zero-order chi connectivity index (χ0) is 15.6. The summed E-state index contributed by atoms with van der Waals surface area (Å²) in [4.78, 5) is 22.2. The first-order valence-corrected chi connectivity index (χ1v) is 6.41. The Morgan fingerprint density at radius 2 is 2.10 bits per heavy atom. The predicted octanol–water partition coefficient (Wildman–Crippen LogP) is 2.52. The van der Waals surface area contributed by atoms with Crippen LogP contribution in [0.25, 0.3) is 0 Å². The second-order valence-corrected chi connectivity index (χ2v) is 4.85. The lowest BCUT2D eigenvalue weighted by Gasteiger charge is -2.07. The van der Waals surface area contributed by atoms with Gasteiger partial charge >= 0.3 is 0 Å². The number of benzene rings is 1. The monoisotopic (exact) mass is 329 g/mol. The van der Waals surface area contributed by atoms with Gasteiger partial charge in [0.25, 0.3) is 11.2 Å². The Hall–Kier alpha value is -2.12. The summed E-state index contributed by atoms with van der Waals surface area (Å²) in [5, 5.41) is 14.6. The summed E-state index contributed by atoms with van der Waals surface area (Å²) in [6.07, 6.45) is 1.24. The fourth-order valence-electron chi connectivity index (χ4n) is 1.69. The molecule has 0 saturated heterocycles. The van der Waals surface area contributed by atoms with Crippen LogP contribution in [-0.2, 0) is 6.54 Å². The predicted molar refractivity (Wildman–Crippen MR) is 77.3 cm³/mol. The summed E-state index contributed by atoms with van der Waals surface area (Å²) >= 11 is 11.4. The van der Waals surface area contributed by atoms with Crippen LogP contribution in [0.4, 0.5) is 5.69 Å². The minimum atomic E-state index is -0.574. The highest BCUT2D eigenvalue weighted by molar-refractivity contribution is 6.41. The number of hydrogen-bond acceptors (Lipinski definition) is 5. The molecular weight excluding hydrogens is 321 g/mol. The van der Waals surface area contributed by atoms with Gasteiger partial charge in [0.15, 0.2) is 0 Å². The van der Waals surface area contributed by atoms with Crippen LogP contribution in [0, 0.1) is 10.1 Å². The number of nitrogens with zero attached hydrogens (tertiary/aromatic N) is 3. The van der Waals surface area contributed by atoms with Gasteiger partial charge < -0.3 is 4.74 Å². The largest absolute Gasteiger partial charge is 0.496 e. The first-order valence-electron chi connectivity index (χ1n) is 5.66. The van der Waals surface area contributed by atoms with Gasteiger partial charge in [-0.15, -0.1) is 0 Å². The van der Waals surface area contributed by atoms with Gasteiger partial charge in [-0.05, 0) is 11.6 Å². The molecule has 0 atom stereocenters. The average molecular weight is 330 g/mol. The molecule has 0 spiro atoms. The van der Waals surface area contributed by atoms with Crippen LogP contribution < -0.4 is 10.3 Å². The number of methoxy groups -OCH3 is 1. The maximum atomic E-state index is 11.9. The van der Waals surface area contributed by atoms with Gasteiger partial charge in [0, 0.05) is 6.07 Å². The van der Waals surface area contributed by atoms with E-state index in [0.717, 1.165) is 4.68 Å². The van der Waals surface area contributed by atoms with Crippen molar-refractivity contribution in [2.45, 2.75) is 6.54 Å². The second kappa shape index (κ2) is 6.11. The smallest absolute Gasteiger partial charge is 0.287 e. The maximum Gasteiger partial charge on any atom is 0.287 e. The lowest BCUT2D eigenvalue weighted by atomic mass is 10.2. The summed E-state index contributed by atoms with van der Waals surface area (Å²) in [7, 11) is 1.40. The SMILES string of the molecule is COc1cc(Cn2ncc(Cl)c(Cl)c2=O)cc([N+](=O)[O-])c1. The standard InChI is InChI=1S/C12H9Cl2N3O4/c1-21-9-3-7(2-8(4-9)17(19)20)6-16-12(18)11(14)10(13)5-15-16/h2-5H,6H2,1H3. The number of hydrogen-bond donors (Lipinski definition) is 0. The molecule has 21 heavy (non-hydrogen) atoms. The molecule has 2 aromatic rings. The lowest BCUT2D eigenvalue weighted by Crippen LogP contribution is -2.23. The molecule has 0 amide bonds. The van der Waals surface area contributed by atoms with Crippen LogP contribution in [0.2, 0.25) is 10.0 Å². The molecule has 0 aliphatic rings. The number of rotatable bonds is 4. The number of non-ortho nitro benzene ring substituents is 1. The van der Waals surface area contributed by atoms with Gasteiger partial charge in [-0.1, -0.05) is 23.2 Å². The quantitative estimate of drug-likeness (QED) is 0.635. The summed E-state index contributed by atoms with van der Waals surface area (Å²) in [6, 6.07) is 4.19. The van der Waals surface area contributed by atoms with Crippen LogP contribution in [0.3, 0.4) is 0 Å². The Labute approximate surface area is 128 Å². The molecule has 0 unspecified atom stereocenters. The van der Waals surface area contributed by atoms with Gasteiger partial charge in [0.2, 0.25) is 0 Å². The summed E-state index contributed by atoms with van der Waals surface area (Å²) in [6.45, 7) is 0.00770. The van der Waals surface area contributed by atoms with E-state index in [1.54, 1.807) is 6.07 Å². The topological polar surface area (TPSA) is 87.3 Å². The molecule has 2 rings (SSSR count). The summed E-state index contributed by atoms with van der Waals surface area (Å²) in [5.74, 6) is 0.312. The van der Waals surface area contributed by atoms with Crippen LogP contribution in [0.1, 0.15) is 5.56 Å². The van der Waals surface area contributed by atoms with Crippen molar-refractivity contribution in [3.05, 3.63) is 60.5 Å². The minimum Gasteiger partial charge on any atom is -0.496 e. The Kier molecular flexibility index (Phi) is 4.44. The highest BCUT2D eigenvalue weighted by Crippen LogP contribution is 2.23. The van der Waals surface area contributed by atoms with E-state index in [1.165, 1.54) is 25.4 Å². The number of aromatic nitrogens is 2. The third kappa shape index (κ3) is 3.32. The number of halogens is 2. The van der Waals surface area contributed by atoms with Gasteiger partial charge in [-0.25, -0.2) is 4.68 Å². The van der Waals surface area contributed by atoms with Gasteiger partial charge in [0.1, 0.15) is 10.8 Å². The molecule has 1 aromatic heterocycles. The molecule has 0 fully saturated rings. The maximum absolute atomic E-state index is 11.9. The lowest BCUT2D eigenvalue weighted by molar-refractivity contribution is -0.385. The van der Waals surface area contributed by atoms with E-state index < -0.39 is 10.5 Å². The van der Waals surface area contributed by atoms with E-state index >= 15 is 0 Å². The van der Waals surface area contributed by atoms with Crippen molar-refractivity contribution in [2.24, 2.45) is 0 Å². The van der Waals surface area contributed by atoms with Crippen molar-refractivity contribution in [2.75, 3.05) is 7.11 Å². The summed E-state index contributed by atoms with van der Waals surface area (Å²) in [5.41, 5.74) is -0.235. The van der Waals surface area contributed by atoms with Crippen molar-refractivity contribution in [1.29, 1.82) is 0 Å². The van der Waals surface area contributed by atoms with Crippen molar-refractivity contribution < 1.29 is 9.66 Å². The molecule has 110 valence electrons. The van der Waals surface area contributed by atoms with Crippen molar-refractivity contribution in [1.82, 2.24) is 9.78 Å². The zero-order valence-electron chi connectivity index (χ0n) is 10.7. The van der Waals surface area contributed by atoms with E-state index in [0.29, 0.717) is 11.3 Å². The van der Waals surface area contributed by atoms with Crippen molar-refractivity contribution >= 4 is 28.9 Å². The third-order valence-corrected chi connectivity index (χ3v) is 3.42. The Morgan fingerprint density at radius 1 is 1.38 bits per heavy atom.